The van der Waals surface area contributed by atoms with Crippen molar-refractivity contribution in [2.75, 3.05) is 7.05 Å². The van der Waals surface area contributed by atoms with Gasteiger partial charge in [-0.05, 0) is 27.3 Å². The Morgan fingerprint density at radius 2 is 2.46 bits per heavy atom. The Bertz CT molecular complexity index is 291. The molecule has 1 aromatic rings. The molecule has 1 rings (SSSR count). The van der Waals surface area contributed by atoms with Crippen LogP contribution in [0, 0.1) is 6.92 Å². The summed E-state index contributed by atoms with van der Waals surface area (Å²) in [5.74, 6) is 0. The van der Waals surface area contributed by atoms with Crippen LogP contribution in [0.1, 0.15) is 30.0 Å². The van der Waals surface area contributed by atoms with Crippen LogP contribution in [-0.4, -0.2) is 12.0 Å². The number of thiazole rings is 1. The van der Waals surface area contributed by atoms with Crippen LogP contribution in [0.3, 0.4) is 0 Å². The van der Waals surface area contributed by atoms with Crippen molar-refractivity contribution in [2.24, 2.45) is 0 Å². The molecule has 0 fully saturated rings. The van der Waals surface area contributed by atoms with Crippen molar-refractivity contribution in [3.63, 3.8) is 0 Å². The Labute approximate surface area is 83.7 Å². The topological polar surface area (TPSA) is 24.9 Å². The summed E-state index contributed by atoms with van der Waals surface area (Å²) < 4.78 is 0. The number of aromatic nitrogens is 1. The second kappa shape index (κ2) is 4.53. The van der Waals surface area contributed by atoms with Gasteiger partial charge in [-0.3, -0.25) is 0 Å². The van der Waals surface area contributed by atoms with Gasteiger partial charge in [-0.25, -0.2) is 4.98 Å². The Balaban J connectivity index is 2.78. The van der Waals surface area contributed by atoms with Gasteiger partial charge in [0.05, 0.1) is 11.2 Å². The van der Waals surface area contributed by atoms with Crippen LogP contribution in [0.15, 0.2) is 17.7 Å². The quantitative estimate of drug-likeness (QED) is 0.749. The van der Waals surface area contributed by atoms with Gasteiger partial charge >= 0.3 is 0 Å². The van der Waals surface area contributed by atoms with Gasteiger partial charge in [-0.1, -0.05) is 5.57 Å². The summed E-state index contributed by atoms with van der Waals surface area (Å²) in [4.78, 5) is 5.57. The van der Waals surface area contributed by atoms with Crippen molar-refractivity contribution in [2.45, 2.75) is 26.3 Å². The van der Waals surface area contributed by atoms with E-state index in [2.05, 4.69) is 30.7 Å². The first-order valence-corrected chi connectivity index (χ1v) is 5.24. The maximum atomic E-state index is 4.24. The minimum absolute atomic E-state index is 0.380. The summed E-state index contributed by atoms with van der Waals surface area (Å²) in [5.41, 5.74) is 4.23. The molecule has 0 saturated carbocycles. The lowest BCUT2D eigenvalue weighted by Crippen LogP contribution is -2.16. The maximum Gasteiger partial charge on any atom is 0.0798 e. The first kappa shape index (κ1) is 10.4. The zero-order chi connectivity index (χ0) is 9.84. The summed E-state index contributed by atoms with van der Waals surface area (Å²) in [5, 5.41) is 3.29. The highest BCUT2D eigenvalue weighted by Gasteiger charge is 2.13. The van der Waals surface area contributed by atoms with Gasteiger partial charge in [0.1, 0.15) is 0 Å². The number of hydrogen-bond donors (Lipinski definition) is 1. The van der Waals surface area contributed by atoms with Crippen molar-refractivity contribution in [3.05, 3.63) is 28.2 Å². The lowest BCUT2D eigenvalue weighted by molar-refractivity contribution is 0.595. The van der Waals surface area contributed by atoms with Crippen LogP contribution in [-0.2, 0) is 0 Å². The molecule has 2 nitrogen and oxygen atoms in total. The molecule has 0 amide bonds. The van der Waals surface area contributed by atoms with Gasteiger partial charge in [0.15, 0.2) is 0 Å². The molecule has 13 heavy (non-hydrogen) atoms. The minimum atomic E-state index is 0.380. The van der Waals surface area contributed by atoms with E-state index in [9.17, 15) is 0 Å². The minimum Gasteiger partial charge on any atom is -0.312 e. The molecule has 0 aromatic carbocycles. The molecule has 0 bridgehead atoms. The average Bonchev–Trinajstić information content (AvgIpc) is 2.47. The van der Waals surface area contributed by atoms with E-state index < -0.39 is 0 Å². The fourth-order valence-electron chi connectivity index (χ4n) is 1.32. The highest BCUT2D eigenvalue weighted by atomic mass is 32.1. The van der Waals surface area contributed by atoms with E-state index in [0.717, 1.165) is 12.1 Å². The van der Waals surface area contributed by atoms with Gasteiger partial charge in [-0.2, -0.15) is 0 Å². The maximum absolute atomic E-state index is 4.24. The molecule has 0 aliphatic heterocycles. The van der Waals surface area contributed by atoms with Crippen LogP contribution in [0.2, 0.25) is 0 Å². The monoisotopic (exact) mass is 196 g/mol. The summed E-state index contributed by atoms with van der Waals surface area (Å²) in [6.45, 7) is 8.03. The Kier molecular flexibility index (Phi) is 3.63. The first-order valence-electron chi connectivity index (χ1n) is 4.36. The third kappa shape index (κ3) is 2.64. The van der Waals surface area contributed by atoms with E-state index in [1.807, 2.05) is 12.6 Å². The number of rotatable bonds is 4. The molecule has 0 radical (unpaired) electrons. The molecule has 0 aliphatic carbocycles. The summed E-state index contributed by atoms with van der Waals surface area (Å²) in [7, 11) is 1.98. The first-order chi connectivity index (χ1) is 6.15. The van der Waals surface area contributed by atoms with Gasteiger partial charge in [-0.15, -0.1) is 17.9 Å². The Morgan fingerprint density at radius 1 is 1.77 bits per heavy atom. The fourth-order valence-corrected chi connectivity index (χ4v) is 2.23. The predicted octanol–water partition coefficient (Wildman–Crippen LogP) is 2.68. The van der Waals surface area contributed by atoms with Crippen LogP contribution in [0.4, 0.5) is 0 Å². The number of hydrogen-bond acceptors (Lipinski definition) is 3. The highest BCUT2D eigenvalue weighted by Crippen LogP contribution is 2.25. The molecule has 3 heteroatoms. The van der Waals surface area contributed by atoms with Crippen molar-refractivity contribution in [1.29, 1.82) is 0 Å². The molecule has 1 heterocycles. The third-order valence-electron chi connectivity index (χ3n) is 2.00. The zero-order valence-electron chi connectivity index (χ0n) is 8.42. The van der Waals surface area contributed by atoms with Gasteiger partial charge < -0.3 is 5.32 Å². The van der Waals surface area contributed by atoms with Crippen molar-refractivity contribution >= 4 is 11.3 Å². The van der Waals surface area contributed by atoms with Crippen molar-refractivity contribution in [1.82, 2.24) is 10.3 Å². The van der Waals surface area contributed by atoms with Crippen molar-refractivity contribution < 1.29 is 0 Å². The average molecular weight is 196 g/mol. The zero-order valence-corrected chi connectivity index (χ0v) is 9.24. The van der Waals surface area contributed by atoms with Crippen LogP contribution in [0.25, 0.3) is 0 Å². The van der Waals surface area contributed by atoms with Crippen LogP contribution in [0.5, 0.6) is 0 Å². The molecule has 1 aromatic heterocycles. The fraction of sp³-hybridized carbons (Fsp3) is 0.500. The normalized spacial score (nSPS) is 12.8. The third-order valence-corrected chi connectivity index (χ3v) is 3.04. The molecule has 1 atom stereocenters. The molecular formula is C10H16N2S. The predicted molar refractivity (Wildman–Crippen MR) is 58.1 cm³/mol. The van der Waals surface area contributed by atoms with E-state index >= 15 is 0 Å². The second-order valence-corrected chi connectivity index (χ2v) is 4.19. The molecular weight excluding hydrogens is 180 g/mol. The number of nitrogens with zero attached hydrogens (tertiary/aromatic N) is 1. The lowest BCUT2D eigenvalue weighted by Gasteiger charge is -2.14. The smallest absolute Gasteiger partial charge is 0.0798 e. The SMILES string of the molecule is C=C(C)CC(NC)c1scnc1C. The van der Waals surface area contributed by atoms with E-state index in [1.165, 1.54) is 10.5 Å². The standard InChI is InChI=1S/C10H16N2S/c1-7(2)5-9(11-4)10-8(3)12-6-13-10/h6,9,11H,1,5H2,2-4H3. The van der Waals surface area contributed by atoms with Crippen LogP contribution < -0.4 is 5.32 Å². The Morgan fingerprint density at radius 3 is 2.85 bits per heavy atom. The summed E-state index contributed by atoms with van der Waals surface area (Å²) in [6.07, 6.45) is 0.986. The van der Waals surface area contributed by atoms with Gasteiger partial charge in [0.2, 0.25) is 0 Å². The molecule has 1 unspecified atom stereocenters. The molecule has 0 saturated heterocycles. The molecule has 72 valence electrons. The van der Waals surface area contributed by atoms with Gasteiger partial charge in [0, 0.05) is 10.9 Å². The highest BCUT2D eigenvalue weighted by molar-refractivity contribution is 7.09. The molecule has 1 N–H and O–H groups in total. The number of aryl methyl sites for hydroxylation is 1. The largest absolute Gasteiger partial charge is 0.312 e. The van der Waals surface area contributed by atoms with Crippen molar-refractivity contribution in [3.8, 4) is 0 Å². The second-order valence-electron chi connectivity index (χ2n) is 3.30. The summed E-state index contributed by atoms with van der Waals surface area (Å²) in [6, 6.07) is 0.380. The Hall–Kier alpha value is -0.670. The van der Waals surface area contributed by atoms with E-state index in [-0.39, 0.29) is 0 Å². The van der Waals surface area contributed by atoms with Gasteiger partial charge in [0.25, 0.3) is 0 Å². The van der Waals surface area contributed by atoms with E-state index in [0.29, 0.717) is 6.04 Å². The van der Waals surface area contributed by atoms with Crippen LogP contribution >= 0.6 is 11.3 Å². The van der Waals surface area contributed by atoms with E-state index in [4.69, 9.17) is 0 Å². The lowest BCUT2D eigenvalue weighted by atomic mass is 10.1. The molecule has 0 spiro atoms. The summed E-state index contributed by atoms with van der Waals surface area (Å²) >= 11 is 1.71. The van der Waals surface area contributed by atoms with E-state index in [1.54, 1.807) is 11.3 Å². The number of nitrogens with one attached hydrogen (secondary N) is 1. The molecule has 0 aliphatic rings.